The summed E-state index contributed by atoms with van der Waals surface area (Å²) in [5, 5.41) is 0. The molecule has 0 aromatic heterocycles. The third-order valence-electron chi connectivity index (χ3n) is 2.51. The van der Waals surface area contributed by atoms with Crippen LogP contribution in [0.5, 0.6) is 5.75 Å². The molecule has 2 heteroatoms. The van der Waals surface area contributed by atoms with Crippen LogP contribution in [0, 0.1) is 0 Å². The third kappa shape index (κ3) is 3.96. The van der Waals surface area contributed by atoms with Crippen LogP contribution in [0.2, 0.25) is 0 Å². The average Bonchev–Trinajstić information content (AvgIpc) is 2.46. The van der Waals surface area contributed by atoms with Crippen LogP contribution in [0.1, 0.15) is 11.1 Å². The van der Waals surface area contributed by atoms with Gasteiger partial charge in [-0.05, 0) is 23.3 Å². The van der Waals surface area contributed by atoms with E-state index in [9.17, 15) is 4.79 Å². The summed E-state index contributed by atoms with van der Waals surface area (Å²) < 4.78 is 5.07. The fourth-order valence-electron chi connectivity index (χ4n) is 1.60. The van der Waals surface area contributed by atoms with Crippen LogP contribution in [0.25, 0.3) is 12.2 Å². The first-order valence-electron chi connectivity index (χ1n) is 5.95. The molecule has 0 unspecified atom stereocenters. The van der Waals surface area contributed by atoms with Crippen LogP contribution in [0.15, 0.2) is 67.3 Å². The van der Waals surface area contributed by atoms with Crippen molar-refractivity contribution in [2.75, 3.05) is 0 Å². The Morgan fingerprint density at radius 2 is 1.63 bits per heavy atom. The van der Waals surface area contributed by atoms with E-state index in [1.165, 1.54) is 0 Å². The van der Waals surface area contributed by atoms with E-state index in [2.05, 4.69) is 6.58 Å². The molecule has 0 saturated heterocycles. The predicted octanol–water partition coefficient (Wildman–Crippen LogP) is 3.95. The van der Waals surface area contributed by atoms with E-state index in [0.29, 0.717) is 5.75 Å². The van der Waals surface area contributed by atoms with Gasteiger partial charge in [-0.1, -0.05) is 61.2 Å². The second-order valence-corrected chi connectivity index (χ2v) is 3.94. The summed E-state index contributed by atoms with van der Waals surface area (Å²) in [6, 6.07) is 17.3. The van der Waals surface area contributed by atoms with Crippen molar-refractivity contribution >= 4 is 18.1 Å². The topological polar surface area (TPSA) is 26.3 Å². The van der Waals surface area contributed by atoms with Crippen molar-refractivity contribution in [2.45, 2.75) is 0 Å². The normalized spacial score (nSPS) is 10.3. The second-order valence-electron chi connectivity index (χ2n) is 3.94. The molecule has 94 valence electrons. The lowest BCUT2D eigenvalue weighted by molar-refractivity contribution is -0.128. The maximum Gasteiger partial charge on any atom is 0.335 e. The molecule has 0 radical (unpaired) electrons. The molecule has 0 aliphatic heterocycles. The molecule has 2 nitrogen and oxygen atoms in total. The van der Waals surface area contributed by atoms with Gasteiger partial charge in [0.1, 0.15) is 5.75 Å². The van der Waals surface area contributed by atoms with Crippen LogP contribution >= 0.6 is 0 Å². The van der Waals surface area contributed by atoms with Gasteiger partial charge >= 0.3 is 5.97 Å². The van der Waals surface area contributed by atoms with Crippen LogP contribution < -0.4 is 4.74 Å². The molecular weight excluding hydrogens is 236 g/mol. The molecule has 2 aromatic rings. The summed E-state index contributed by atoms with van der Waals surface area (Å²) in [4.78, 5) is 11.1. The Kier molecular flexibility index (Phi) is 4.29. The van der Waals surface area contributed by atoms with E-state index in [1.54, 1.807) is 12.1 Å². The molecule has 0 atom stereocenters. The van der Waals surface area contributed by atoms with Gasteiger partial charge in [-0.2, -0.15) is 0 Å². The van der Waals surface area contributed by atoms with Crippen LogP contribution in [-0.4, -0.2) is 5.97 Å². The van der Waals surface area contributed by atoms with E-state index < -0.39 is 5.97 Å². The van der Waals surface area contributed by atoms with E-state index in [1.807, 2.05) is 54.6 Å². The van der Waals surface area contributed by atoms with Gasteiger partial charge in [-0.15, -0.1) is 0 Å². The number of carbonyl (C=O) groups is 1. The van der Waals surface area contributed by atoms with Crippen molar-refractivity contribution in [1.82, 2.24) is 0 Å². The maximum absolute atomic E-state index is 11.1. The van der Waals surface area contributed by atoms with Crippen molar-refractivity contribution in [3.63, 3.8) is 0 Å². The molecule has 0 N–H and O–H groups in total. The largest absolute Gasteiger partial charge is 0.423 e. The first kappa shape index (κ1) is 12.8. The van der Waals surface area contributed by atoms with Crippen LogP contribution in [-0.2, 0) is 4.79 Å². The highest BCUT2D eigenvalue weighted by molar-refractivity contribution is 5.83. The van der Waals surface area contributed by atoms with Gasteiger partial charge in [0.05, 0.1) is 0 Å². The molecule has 0 fully saturated rings. The number of rotatable bonds is 4. The number of hydrogen-bond acceptors (Lipinski definition) is 2. The highest BCUT2D eigenvalue weighted by atomic mass is 16.5. The minimum Gasteiger partial charge on any atom is -0.423 e. The van der Waals surface area contributed by atoms with Gasteiger partial charge < -0.3 is 4.74 Å². The van der Waals surface area contributed by atoms with Crippen molar-refractivity contribution in [3.8, 4) is 5.75 Å². The minimum absolute atomic E-state index is 0.454. The Morgan fingerprint density at radius 1 is 0.947 bits per heavy atom. The van der Waals surface area contributed by atoms with Crippen molar-refractivity contribution in [2.24, 2.45) is 0 Å². The number of benzene rings is 2. The molecule has 0 aliphatic rings. The van der Waals surface area contributed by atoms with Crippen molar-refractivity contribution in [3.05, 3.63) is 78.4 Å². The van der Waals surface area contributed by atoms with Gasteiger partial charge in [0.15, 0.2) is 0 Å². The lowest BCUT2D eigenvalue weighted by Crippen LogP contribution is -2.02. The molecule has 0 spiro atoms. The van der Waals surface area contributed by atoms with Crippen LogP contribution in [0.3, 0.4) is 0 Å². The summed E-state index contributed by atoms with van der Waals surface area (Å²) in [7, 11) is 0. The highest BCUT2D eigenvalue weighted by Gasteiger charge is 1.99. The van der Waals surface area contributed by atoms with E-state index in [-0.39, 0.29) is 0 Å². The quantitative estimate of drug-likeness (QED) is 0.355. The zero-order chi connectivity index (χ0) is 13.5. The minimum atomic E-state index is -0.454. The molecule has 19 heavy (non-hydrogen) atoms. The number of esters is 1. The Hall–Kier alpha value is -2.61. The number of hydrogen-bond donors (Lipinski definition) is 0. The smallest absolute Gasteiger partial charge is 0.335 e. The molecule has 0 amide bonds. The average molecular weight is 250 g/mol. The van der Waals surface area contributed by atoms with Crippen molar-refractivity contribution in [1.29, 1.82) is 0 Å². The van der Waals surface area contributed by atoms with Gasteiger partial charge in [-0.3, -0.25) is 0 Å². The summed E-state index contributed by atoms with van der Waals surface area (Å²) >= 11 is 0. The Labute approximate surface area is 112 Å². The SMILES string of the molecule is C=CC(=O)Oc1cccc(C=Cc2ccccc2)c1. The first-order valence-corrected chi connectivity index (χ1v) is 5.95. The molecule has 0 bridgehead atoms. The molecule has 0 aliphatic carbocycles. The molecular formula is C17H14O2. The Morgan fingerprint density at radius 3 is 2.37 bits per heavy atom. The predicted molar refractivity (Wildman–Crippen MR) is 77.6 cm³/mol. The number of carbonyl (C=O) groups excluding carboxylic acids is 1. The fraction of sp³-hybridized carbons (Fsp3) is 0. The van der Waals surface area contributed by atoms with E-state index in [4.69, 9.17) is 4.74 Å². The number of ether oxygens (including phenoxy) is 1. The zero-order valence-electron chi connectivity index (χ0n) is 10.5. The van der Waals surface area contributed by atoms with Crippen molar-refractivity contribution < 1.29 is 9.53 Å². The zero-order valence-corrected chi connectivity index (χ0v) is 10.5. The Bertz CT molecular complexity index is 598. The molecule has 2 rings (SSSR count). The summed E-state index contributed by atoms with van der Waals surface area (Å²) in [5.74, 6) is 0.0595. The van der Waals surface area contributed by atoms with E-state index in [0.717, 1.165) is 17.2 Å². The van der Waals surface area contributed by atoms with Gasteiger partial charge in [0, 0.05) is 6.08 Å². The summed E-state index contributed by atoms with van der Waals surface area (Å²) in [6.45, 7) is 3.37. The van der Waals surface area contributed by atoms with Gasteiger partial charge in [0.25, 0.3) is 0 Å². The lowest BCUT2D eigenvalue weighted by atomic mass is 10.1. The fourth-order valence-corrected chi connectivity index (χ4v) is 1.60. The van der Waals surface area contributed by atoms with Crippen LogP contribution in [0.4, 0.5) is 0 Å². The standard InChI is InChI=1S/C17H14O2/c1-2-17(18)19-16-10-6-9-15(13-16)12-11-14-7-4-3-5-8-14/h2-13H,1H2. The van der Waals surface area contributed by atoms with Gasteiger partial charge in [0.2, 0.25) is 0 Å². The maximum atomic E-state index is 11.1. The van der Waals surface area contributed by atoms with E-state index >= 15 is 0 Å². The summed E-state index contributed by atoms with van der Waals surface area (Å²) in [5.41, 5.74) is 2.09. The van der Waals surface area contributed by atoms with Gasteiger partial charge in [-0.25, -0.2) is 4.79 Å². The lowest BCUT2D eigenvalue weighted by Gasteiger charge is -2.02. The first-order chi connectivity index (χ1) is 9.28. The monoisotopic (exact) mass is 250 g/mol. The highest BCUT2D eigenvalue weighted by Crippen LogP contribution is 2.16. The molecule has 2 aromatic carbocycles. The molecule has 0 heterocycles. The second kappa shape index (κ2) is 6.36. The Balaban J connectivity index is 2.13. The summed E-state index contributed by atoms with van der Waals surface area (Å²) in [6.07, 6.45) is 5.13. The third-order valence-corrected chi connectivity index (χ3v) is 2.51. The molecule has 0 saturated carbocycles.